The van der Waals surface area contributed by atoms with Crippen LogP contribution in [0.1, 0.15) is 5.56 Å². The van der Waals surface area contributed by atoms with E-state index in [4.69, 9.17) is 0 Å². The number of benzene rings is 1. The fourth-order valence-corrected chi connectivity index (χ4v) is 1.76. The molecule has 1 aromatic rings. The molecule has 0 saturated carbocycles. The Morgan fingerprint density at radius 3 is 2.47 bits per heavy atom. The fourth-order valence-electron chi connectivity index (χ4n) is 1.40. The van der Waals surface area contributed by atoms with Crippen molar-refractivity contribution in [3.63, 3.8) is 0 Å². The predicted octanol–water partition coefficient (Wildman–Crippen LogP) is 2.56. The minimum absolute atomic E-state index is 0.0982. The second-order valence-electron chi connectivity index (χ2n) is 3.87. The van der Waals surface area contributed by atoms with Gasteiger partial charge >= 0.3 is 6.18 Å². The molecule has 1 heterocycles. The van der Waals surface area contributed by atoms with Crippen LogP contribution in [0.4, 0.5) is 18.9 Å². The Balaban J connectivity index is 2.18. The molecule has 4 nitrogen and oxygen atoms in total. The van der Waals surface area contributed by atoms with Crippen LogP contribution in [0.15, 0.2) is 30.5 Å². The Morgan fingerprint density at radius 1 is 1.42 bits per heavy atom. The molecular weight excluding hydrogens is 329 g/mol. The smallest absolute Gasteiger partial charge is 0.416 e. The number of hydrogen-bond acceptors (Lipinski definition) is 3. The van der Waals surface area contributed by atoms with Crippen LogP contribution in [0.25, 0.3) is 0 Å². The molecule has 0 radical (unpaired) electrons. The molecule has 0 aromatic heterocycles. The zero-order chi connectivity index (χ0) is 14.3. The van der Waals surface area contributed by atoms with E-state index in [9.17, 15) is 23.1 Å². The molecule has 1 amide bonds. The number of rotatable bonds is 2. The van der Waals surface area contributed by atoms with Gasteiger partial charge in [-0.3, -0.25) is 4.79 Å². The summed E-state index contributed by atoms with van der Waals surface area (Å²) in [6.45, 7) is 0. The summed E-state index contributed by atoms with van der Waals surface area (Å²) in [5.41, 5.74) is -1.09. The summed E-state index contributed by atoms with van der Waals surface area (Å²) in [6, 6.07) is 2.33. The van der Waals surface area contributed by atoms with Crippen molar-refractivity contribution < 1.29 is 23.1 Å². The highest BCUT2D eigenvalue weighted by atomic mass is 79.9. The maximum Gasteiger partial charge on any atom is 0.416 e. The molecule has 0 aliphatic carbocycles. The van der Waals surface area contributed by atoms with Crippen LogP contribution >= 0.6 is 15.9 Å². The summed E-state index contributed by atoms with van der Waals surface area (Å²) in [4.78, 5) is 11.7. The lowest BCUT2D eigenvalue weighted by Crippen LogP contribution is -2.51. The normalized spacial score (nSPS) is 21.5. The van der Waals surface area contributed by atoms with E-state index in [1.54, 1.807) is 0 Å². The quantitative estimate of drug-likeness (QED) is 0.442. The van der Waals surface area contributed by atoms with Crippen molar-refractivity contribution in [3.8, 4) is 5.75 Å². The van der Waals surface area contributed by atoms with Crippen LogP contribution in [-0.4, -0.2) is 15.5 Å². The van der Waals surface area contributed by atoms with Crippen LogP contribution in [0.2, 0.25) is 0 Å². The lowest BCUT2D eigenvalue weighted by atomic mass is 10.1. The van der Waals surface area contributed by atoms with Gasteiger partial charge in [-0.25, -0.2) is 0 Å². The van der Waals surface area contributed by atoms with E-state index in [1.807, 2.05) is 0 Å². The van der Waals surface area contributed by atoms with Crippen LogP contribution in [0.3, 0.4) is 0 Å². The zero-order valence-electron chi connectivity index (χ0n) is 9.25. The van der Waals surface area contributed by atoms with E-state index < -0.39 is 27.8 Å². The third-order valence-corrected chi connectivity index (χ3v) is 3.36. The van der Waals surface area contributed by atoms with Gasteiger partial charge in [0.15, 0.2) is 4.45 Å². The molecule has 0 spiro atoms. The number of aromatic hydroxyl groups is 1. The van der Waals surface area contributed by atoms with Gasteiger partial charge in [-0.1, -0.05) is 0 Å². The van der Waals surface area contributed by atoms with Crippen molar-refractivity contribution >= 4 is 27.5 Å². The number of anilines is 1. The van der Waals surface area contributed by atoms with Crippen LogP contribution in [0.5, 0.6) is 5.75 Å². The van der Waals surface area contributed by atoms with Gasteiger partial charge < -0.3 is 15.7 Å². The number of phenolic OH excluding ortho intramolecular Hbond substituents is 1. The second kappa shape index (κ2) is 4.44. The molecule has 1 unspecified atom stereocenters. The van der Waals surface area contributed by atoms with E-state index in [2.05, 4.69) is 26.6 Å². The molecule has 1 aliphatic rings. The summed E-state index contributed by atoms with van der Waals surface area (Å²) in [6.07, 6.45) is -1.50. The van der Waals surface area contributed by atoms with Gasteiger partial charge in [-0.2, -0.15) is 13.2 Å². The summed E-state index contributed by atoms with van der Waals surface area (Å²) < 4.78 is 36.1. The summed E-state index contributed by atoms with van der Waals surface area (Å²) in [5.74, 6) is -1.20. The van der Waals surface area contributed by atoms with Crippen LogP contribution in [-0.2, 0) is 11.0 Å². The Bertz CT molecular complexity index is 559. The highest BCUT2D eigenvalue weighted by molar-refractivity contribution is 9.10. The number of alkyl halides is 4. The predicted molar refractivity (Wildman–Crippen MR) is 65.7 cm³/mol. The van der Waals surface area contributed by atoms with E-state index in [1.165, 1.54) is 12.3 Å². The first-order valence-corrected chi connectivity index (χ1v) is 5.88. The number of carbonyl (C=O) groups excluding carboxylic acids is 1. The Hall–Kier alpha value is -1.70. The SMILES string of the molecule is O=C(Nc1ccc(C(F)(F)F)cc1O)C1(Br)C=CN1. The molecule has 19 heavy (non-hydrogen) atoms. The zero-order valence-corrected chi connectivity index (χ0v) is 10.8. The molecule has 1 atom stereocenters. The minimum Gasteiger partial charge on any atom is -0.506 e. The first kappa shape index (κ1) is 13.7. The molecule has 102 valence electrons. The molecule has 1 aliphatic heterocycles. The maximum atomic E-state index is 12.4. The standard InChI is InChI=1S/C11H8BrF3N2O2/c12-10(3-4-16-10)9(19)17-7-2-1-6(5-8(7)18)11(13,14)15/h1-5,16,18H,(H,17,19). The molecule has 8 heteroatoms. The van der Waals surface area contributed by atoms with Gasteiger partial charge in [-0.05, 0) is 46.4 Å². The van der Waals surface area contributed by atoms with Crippen molar-refractivity contribution in [2.75, 3.05) is 5.32 Å². The van der Waals surface area contributed by atoms with Gasteiger partial charge in [0.1, 0.15) is 5.75 Å². The van der Waals surface area contributed by atoms with Crippen molar-refractivity contribution in [2.45, 2.75) is 10.6 Å². The Kier molecular flexibility index (Phi) is 3.21. The third-order valence-electron chi connectivity index (χ3n) is 2.51. The van der Waals surface area contributed by atoms with Crippen molar-refractivity contribution in [1.29, 1.82) is 0 Å². The van der Waals surface area contributed by atoms with Gasteiger partial charge in [-0.15, -0.1) is 0 Å². The molecule has 0 fully saturated rings. The second-order valence-corrected chi connectivity index (χ2v) is 5.12. The molecule has 3 N–H and O–H groups in total. The topological polar surface area (TPSA) is 61.4 Å². The molecule has 2 rings (SSSR count). The van der Waals surface area contributed by atoms with Gasteiger partial charge in [0.05, 0.1) is 11.3 Å². The van der Waals surface area contributed by atoms with E-state index >= 15 is 0 Å². The van der Waals surface area contributed by atoms with E-state index in [0.29, 0.717) is 6.07 Å². The highest BCUT2D eigenvalue weighted by Crippen LogP contribution is 2.35. The number of carbonyl (C=O) groups is 1. The van der Waals surface area contributed by atoms with Crippen molar-refractivity contribution in [2.24, 2.45) is 0 Å². The fraction of sp³-hybridized carbons (Fsp3) is 0.182. The monoisotopic (exact) mass is 336 g/mol. The average molecular weight is 337 g/mol. The lowest BCUT2D eigenvalue weighted by Gasteiger charge is -2.29. The summed E-state index contributed by atoms with van der Waals surface area (Å²) >= 11 is 3.09. The Morgan fingerprint density at radius 2 is 2.05 bits per heavy atom. The third kappa shape index (κ3) is 2.67. The summed E-state index contributed by atoms with van der Waals surface area (Å²) in [7, 11) is 0. The molecule has 0 saturated heterocycles. The highest BCUT2D eigenvalue weighted by Gasteiger charge is 2.37. The minimum atomic E-state index is -4.55. The van der Waals surface area contributed by atoms with Gasteiger partial charge in [0.25, 0.3) is 5.91 Å². The molecular formula is C11H8BrF3N2O2. The van der Waals surface area contributed by atoms with Crippen LogP contribution in [0, 0.1) is 0 Å². The number of hydrogen-bond donors (Lipinski definition) is 3. The van der Waals surface area contributed by atoms with Crippen LogP contribution < -0.4 is 10.6 Å². The number of halogens is 4. The first-order chi connectivity index (χ1) is 8.72. The molecule has 0 bridgehead atoms. The molecule has 1 aromatic carbocycles. The van der Waals surface area contributed by atoms with Crippen molar-refractivity contribution in [3.05, 3.63) is 36.0 Å². The van der Waals surface area contributed by atoms with Gasteiger partial charge in [0.2, 0.25) is 0 Å². The summed E-state index contributed by atoms with van der Waals surface area (Å²) in [5, 5.41) is 14.5. The number of amides is 1. The van der Waals surface area contributed by atoms with E-state index in [0.717, 1.165) is 12.1 Å². The van der Waals surface area contributed by atoms with Crippen molar-refractivity contribution in [1.82, 2.24) is 5.32 Å². The average Bonchev–Trinajstić information content (AvgIpc) is 2.27. The first-order valence-electron chi connectivity index (χ1n) is 5.08. The maximum absolute atomic E-state index is 12.4. The van der Waals surface area contributed by atoms with Gasteiger partial charge in [0, 0.05) is 0 Å². The Labute approximate surface area is 114 Å². The number of nitrogens with one attached hydrogen (secondary N) is 2. The number of phenols is 1. The lowest BCUT2D eigenvalue weighted by molar-refractivity contribution is -0.137. The van der Waals surface area contributed by atoms with E-state index in [-0.39, 0.29) is 5.69 Å². The largest absolute Gasteiger partial charge is 0.506 e.